The second-order valence-corrected chi connectivity index (χ2v) is 7.82. The number of carbonyl (C=O) groups is 2. The molecule has 0 radical (unpaired) electrons. The lowest BCUT2D eigenvalue weighted by Crippen LogP contribution is -2.48. The fraction of sp³-hybridized carbons (Fsp3) is 0.579. The zero-order chi connectivity index (χ0) is 17.8. The Bertz CT molecular complexity index is 616. The third-order valence-corrected chi connectivity index (χ3v) is 5.91. The minimum Gasteiger partial charge on any atom is -0.353 e. The smallest absolute Gasteiger partial charge is 0.256 e. The fourth-order valence-electron chi connectivity index (χ4n) is 3.77. The summed E-state index contributed by atoms with van der Waals surface area (Å²) < 4.78 is 0. The van der Waals surface area contributed by atoms with Crippen LogP contribution >= 0.6 is 23.2 Å². The summed E-state index contributed by atoms with van der Waals surface area (Å²) in [5.74, 6) is 0.238. The summed E-state index contributed by atoms with van der Waals surface area (Å²) in [6, 6.07) is 5.24. The molecule has 2 amide bonds. The minimum atomic E-state index is -0.132. The first kappa shape index (κ1) is 18.5. The molecule has 1 aliphatic heterocycles. The number of hydrogen-bond acceptors (Lipinski definition) is 2. The first-order valence-electron chi connectivity index (χ1n) is 9.10. The third-order valence-electron chi connectivity index (χ3n) is 5.28. The molecular weight excluding hydrogens is 359 g/mol. The van der Waals surface area contributed by atoms with E-state index < -0.39 is 0 Å². The number of nitrogens with one attached hydrogen (secondary N) is 1. The zero-order valence-electron chi connectivity index (χ0n) is 14.3. The highest BCUT2D eigenvalue weighted by Crippen LogP contribution is 2.27. The lowest BCUT2D eigenvalue weighted by molar-refractivity contribution is -0.126. The molecule has 6 heteroatoms. The van der Waals surface area contributed by atoms with Gasteiger partial charge >= 0.3 is 0 Å². The average Bonchev–Trinajstić information content (AvgIpc) is 2.63. The topological polar surface area (TPSA) is 49.4 Å². The number of amides is 2. The van der Waals surface area contributed by atoms with Crippen molar-refractivity contribution in [1.29, 1.82) is 0 Å². The Balaban J connectivity index is 1.53. The van der Waals surface area contributed by atoms with Crippen molar-refractivity contribution >= 4 is 35.0 Å². The van der Waals surface area contributed by atoms with Crippen molar-refractivity contribution in [1.82, 2.24) is 10.2 Å². The molecule has 2 fully saturated rings. The standard InChI is InChI=1S/C19H24Cl2N2O2/c20-15-7-4-8-16(21)17(15)19(25)23-11-9-14(10-12-23)22-18(24)13-5-2-1-3-6-13/h4,7-8,13-14H,1-3,5-6,9-12H2,(H,22,24). The third kappa shape index (κ3) is 4.48. The summed E-state index contributed by atoms with van der Waals surface area (Å²) in [5.41, 5.74) is 0.371. The van der Waals surface area contributed by atoms with Crippen molar-refractivity contribution in [3.63, 3.8) is 0 Å². The van der Waals surface area contributed by atoms with E-state index in [4.69, 9.17) is 23.2 Å². The Hall–Kier alpha value is -1.26. The van der Waals surface area contributed by atoms with Crippen LogP contribution in [0.3, 0.4) is 0 Å². The van der Waals surface area contributed by atoms with E-state index in [1.165, 1.54) is 6.42 Å². The number of nitrogens with zero attached hydrogens (tertiary/aromatic N) is 1. The molecule has 0 spiro atoms. The van der Waals surface area contributed by atoms with Crippen LogP contribution in [0.2, 0.25) is 10.0 Å². The Labute approximate surface area is 158 Å². The first-order chi connectivity index (χ1) is 12.1. The summed E-state index contributed by atoms with van der Waals surface area (Å²) in [6.45, 7) is 1.21. The maximum Gasteiger partial charge on any atom is 0.256 e. The van der Waals surface area contributed by atoms with Gasteiger partial charge in [0.25, 0.3) is 5.91 Å². The second-order valence-electron chi connectivity index (χ2n) is 7.01. The van der Waals surface area contributed by atoms with Crippen molar-refractivity contribution in [3.05, 3.63) is 33.8 Å². The van der Waals surface area contributed by atoms with E-state index in [0.29, 0.717) is 28.7 Å². The van der Waals surface area contributed by atoms with Gasteiger partial charge in [0, 0.05) is 25.0 Å². The van der Waals surface area contributed by atoms with Gasteiger partial charge in [0.2, 0.25) is 5.91 Å². The van der Waals surface area contributed by atoms with Gasteiger partial charge in [-0.15, -0.1) is 0 Å². The lowest BCUT2D eigenvalue weighted by Gasteiger charge is -2.33. The summed E-state index contributed by atoms with van der Waals surface area (Å²) in [5, 5.41) is 3.94. The van der Waals surface area contributed by atoms with Crippen LogP contribution in [0.5, 0.6) is 0 Å². The lowest BCUT2D eigenvalue weighted by atomic mass is 9.88. The normalized spacial score (nSPS) is 19.7. The molecule has 1 heterocycles. The molecule has 0 unspecified atom stereocenters. The molecule has 4 nitrogen and oxygen atoms in total. The Kier molecular flexibility index (Phi) is 6.24. The van der Waals surface area contributed by atoms with Crippen LogP contribution in [0.25, 0.3) is 0 Å². The highest BCUT2D eigenvalue weighted by Gasteiger charge is 2.29. The highest BCUT2D eigenvalue weighted by atomic mass is 35.5. The molecule has 1 N–H and O–H groups in total. The molecule has 0 aromatic heterocycles. The Morgan fingerprint density at radius 2 is 1.56 bits per heavy atom. The van der Waals surface area contributed by atoms with E-state index >= 15 is 0 Å². The summed E-state index contributed by atoms with van der Waals surface area (Å²) in [4.78, 5) is 26.8. The largest absolute Gasteiger partial charge is 0.353 e. The predicted octanol–water partition coefficient (Wildman–Crippen LogP) is 4.29. The van der Waals surface area contributed by atoms with Gasteiger partial charge in [-0.2, -0.15) is 0 Å². The molecule has 1 aliphatic carbocycles. The quantitative estimate of drug-likeness (QED) is 0.846. The van der Waals surface area contributed by atoms with Crippen molar-refractivity contribution in [2.24, 2.45) is 5.92 Å². The SMILES string of the molecule is O=C(NC1CCN(C(=O)c2c(Cl)cccc2Cl)CC1)C1CCCCC1. The molecule has 1 aromatic carbocycles. The number of carbonyl (C=O) groups excluding carboxylic acids is 2. The van der Waals surface area contributed by atoms with Crippen LogP contribution < -0.4 is 5.32 Å². The molecule has 1 saturated heterocycles. The van der Waals surface area contributed by atoms with E-state index in [1.807, 2.05) is 0 Å². The first-order valence-corrected chi connectivity index (χ1v) is 9.85. The maximum absolute atomic E-state index is 12.7. The van der Waals surface area contributed by atoms with Gasteiger partial charge in [-0.3, -0.25) is 9.59 Å². The van der Waals surface area contributed by atoms with Crippen molar-refractivity contribution < 1.29 is 9.59 Å². The van der Waals surface area contributed by atoms with Crippen LogP contribution in [0.4, 0.5) is 0 Å². The summed E-state index contributed by atoms with van der Waals surface area (Å²) >= 11 is 12.3. The van der Waals surface area contributed by atoms with E-state index in [-0.39, 0.29) is 23.8 Å². The van der Waals surface area contributed by atoms with Crippen molar-refractivity contribution in [2.45, 2.75) is 51.0 Å². The van der Waals surface area contributed by atoms with Gasteiger partial charge in [0.05, 0.1) is 15.6 Å². The number of hydrogen-bond donors (Lipinski definition) is 1. The maximum atomic E-state index is 12.7. The molecule has 136 valence electrons. The Morgan fingerprint density at radius 3 is 2.16 bits per heavy atom. The number of piperidine rings is 1. The molecule has 3 rings (SSSR count). The fourth-order valence-corrected chi connectivity index (χ4v) is 4.33. The van der Waals surface area contributed by atoms with Crippen LogP contribution in [-0.2, 0) is 4.79 Å². The van der Waals surface area contributed by atoms with Crippen LogP contribution in [0.15, 0.2) is 18.2 Å². The number of likely N-dealkylation sites (tertiary alicyclic amines) is 1. The number of benzene rings is 1. The number of rotatable bonds is 3. The molecule has 25 heavy (non-hydrogen) atoms. The summed E-state index contributed by atoms with van der Waals surface area (Å²) in [7, 11) is 0. The molecule has 1 aromatic rings. The van der Waals surface area contributed by atoms with Crippen LogP contribution in [0.1, 0.15) is 55.3 Å². The van der Waals surface area contributed by atoms with Crippen molar-refractivity contribution in [2.75, 3.05) is 13.1 Å². The molecule has 1 saturated carbocycles. The zero-order valence-corrected chi connectivity index (χ0v) is 15.8. The summed E-state index contributed by atoms with van der Waals surface area (Å²) in [6.07, 6.45) is 7.11. The Morgan fingerprint density at radius 1 is 0.960 bits per heavy atom. The van der Waals surface area contributed by atoms with Crippen molar-refractivity contribution in [3.8, 4) is 0 Å². The van der Waals surface area contributed by atoms with E-state index in [9.17, 15) is 9.59 Å². The van der Waals surface area contributed by atoms with Gasteiger partial charge in [-0.25, -0.2) is 0 Å². The van der Waals surface area contributed by atoms with Gasteiger partial charge < -0.3 is 10.2 Å². The average molecular weight is 383 g/mol. The van der Waals surface area contributed by atoms with E-state index in [0.717, 1.165) is 38.5 Å². The van der Waals surface area contributed by atoms with Crippen LogP contribution in [-0.4, -0.2) is 35.8 Å². The van der Waals surface area contributed by atoms with E-state index in [1.54, 1.807) is 23.1 Å². The van der Waals surface area contributed by atoms with E-state index in [2.05, 4.69) is 5.32 Å². The monoisotopic (exact) mass is 382 g/mol. The molecule has 0 bridgehead atoms. The van der Waals surface area contributed by atoms with Gasteiger partial charge in [-0.05, 0) is 37.8 Å². The minimum absolute atomic E-state index is 0.132. The molecular formula is C19H24Cl2N2O2. The van der Waals surface area contributed by atoms with Crippen LogP contribution in [0, 0.1) is 5.92 Å². The predicted molar refractivity (Wildman–Crippen MR) is 100 cm³/mol. The highest BCUT2D eigenvalue weighted by molar-refractivity contribution is 6.39. The second kappa shape index (κ2) is 8.41. The van der Waals surface area contributed by atoms with Gasteiger partial charge in [0.15, 0.2) is 0 Å². The molecule has 0 atom stereocenters. The molecule has 2 aliphatic rings. The number of halogens is 2. The van der Waals surface area contributed by atoms with Gasteiger partial charge in [0.1, 0.15) is 0 Å². The van der Waals surface area contributed by atoms with Gasteiger partial charge in [-0.1, -0.05) is 48.5 Å².